The minimum absolute atomic E-state index is 0.127. The molecule has 1 aliphatic heterocycles. The molecule has 0 aliphatic carbocycles. The summed E-state index contributed by atoms with van der Waals surface area (Å²) in [5, 5.41) is 7.66. The molecule has 0 amide bonds. The van der Waals surface area contributed by atoms with Crippen molar-refractivity contribution >= 4 is 51.2 Å². The number of thioether (sulfide) groups is 1. The Morgan fingerprint density at radius 2 is 1.89 bits per heavy atom. The second-order valence-electron chi connectivity index (χ2n) is 8.56. The van der Waals surface area contributed by atoms with Crippen LogP contribution in [0.1, 0.15) is 26.8 Å². The molecule has 1 aromatic carbocycles. The molecule has 1 saturated heterocycles. The number of carbonyl (C=O) groups is 2. The average molecular weight is 632 g/mol. The van der Waals surface area contributed by atoms with Gasteiger partial charge in [-0.25, -0.2) is 13.5 Å². The van der Waals surface area contributed by atoms with E-state index in [9.17, 15) is 18.4 Å². The number of halogens is 4. The Morgan fingerprint density at radius 1 is 1.18 bits per heavy atom. The van der Waals surface area contributed by atoms with Gasteiger partial charge in [0.1, 0.15) is 40.5 Å². The molecular formula is C24H22BrClF2N4O5S. The van der Waals surface area contributed by atoms with E-state index in [1.807, 2.05) is 13.0 Å². The van der Waals surface area contributed by atoms with Gasteiger partial charge in [0, 0.05) is 47.1 Å². The van der Waals surface area contributed by atoms with Gasteiger partial charge in [-0.1, -0.05) is 35.5 Å². The van der Waals surface area contributed by atoms with Crippen molar-refractivity contribution in [3.05, 3.63) is 57.9 Å². The van der Waals surface area contributed by atoms with Crippen molar-refractivity contribution in [2.75, 3.05) is 6.61 Å². The van der Waals surface area contributed by atoms with Crippen molar-refractivity contribution < 1.29 is 32.6 Å². The van der Waals surface area contributed by atoms with Crippen molar-refractivity contribution in [1.29, 1.82) is 0 Å². The normalized spacial score (nSPS) is 23.2. The van der Waals surface area contributed by atoms with Crippen LogP contribution >= 0.6 is 39.3 Å². The fraction of sp³-hybridized carbons (Fsp3) is 0.375. The van der Waals surface area contributed by atoms with Crippen LogP contribution in [0.15, 0.2) is 46.2 Å². The topological polar surface area (TPSA) is 105 Å². The number of hydrogen-bond acceptors (Lipinski definition) is 9. The SMILES string of the molecule is CC(=O)OCC1O[C@H](Sc2cncc(Br)c2)C(C)[C@@H](n2cc(-c3cc(F)c(Cl)c(F)c3)nn2)[C@H]1OC(C)=O. The number of hydrogen-bond donors (Lipinski definition) is 0. The first-order valence-corrected chi connectivity index (χ1v) is 13.4. The van der Waals surface area contributed by atoms with Crippen LogP contribution in [0.5, 0.6) is 0 Å². The molecule has 5 atom stereocenters. The van der Waals surface area contributed by atoms with Gasteiger partial charge in [0.2, 0.25) is 0 Å². The molecule has 38 heavy (non-hydrogen) atoms. The van der Waals surface area contributed by atoms with E-state index in [0.29, 0.717) is 0 Å². The zero-order valence-electron chi connectivity index (χ0n) is 20.3. The first-order valence-electron chi connectivity index (χ1n) is 11.3. The highest BCUT2D eigenvalue weighted by Crippen LogP contribution is 2.43. The van der Waals surface area contributed by atoms with E-state index < -0.39 is 52.3 Å². The molecule has 202 valence electrons. The lowest BCUT2D eigenvalue weighted by Gasteiger charge is -2.44. The summed E-state index contributed by atoms with van der Waals surface area (Å²) in [4.78, 5) is 28.6. The number of esters is 2. The highest BCUT2D eigenvalue weighted by atomic mass is 79.9. The molecule has 0 spiro atoms. The van der Waals surface area contributed by atoms with Crippen molar-refractivity contribution in [3.8, 4) is 11.3 Å². The van der Waals surface area contributed by atoms with Crippen LogP contribution in [-0.2, 0) is 23.8 Å². The predicted octanol–water partition coefficient (Wildman–Crippen LogP) is 5.22. The van der Waals surface area contributed by atoms with E-state index in [4.69, 9.17) is 25.8 Å². The summed E-state index contributed by atoms with van der Waals surface area (Å²) < 4.78 is 47.6. The predicted molar refractivity (Wildman–Crippen MR) is 137 cm³/mol. The second kappa shape index (κ2) is 12.1. The summed E-state index contributed by atoms with van der Waals surface area (Å²) in [5.41, 5.74) is -0.208. The number of carbonyl (C=O) groups excluding carboxylic acids is 2. The maximum atomic E-state index is 14.1. The summed E-state index contributed by atoms with van der Waals surface area (Å²) in [6.07, 6.45) is 3.05. The maximum Gasteiger partial charge on any atom is 0.303 e. The third kappa shape index (κ3) is 6.50. The third-order valence-electron chi connectivity index (χ3n) is 5.76. The van der Waals surface area contributed by atoms with Gasteiger partial charge in [0.25, 0.3) is 0 Å². The van der Waals surface area contributed by atoms with Gasteiger partial charge in [-0.05, 0) is 34.1 Å². The summed E-state index contributed by atoms with van der Waals surface area (Å²) in [7, 11) is 0. The van der Waals surface area contributed by atoms with Crippen LogP contribution in [0.2, 0.25) is 5.02 Å². The van der Waals surface area contributed by atoms with Gasteiger partial charge in [-0.3, -0.25) is 14.6 Å². The summed E-state index contributed by atoms with van der Waals surface area (Å²) >= 11 is 10.4. The van der Waals surface area contributed by atoms with Crippen LogP contribution in [-0.4, -0.2) is 56.2 Å². The van der Waals surface area contributed by atoms with Crippen LogP contribution in [0, 0.1) is 17.6 Å². The zero-order valence-corrected chi connectivity index (χ0v) is 23.5. The van der Waals surface area contributed by atoms with Crippen molar-refractivity contribution in [2.24, 2.45) is 5.92 Å². The standard InChI is InChI=1S/C24H22BrClF2N4O5S/c1-11-22(32-9-19(30-31-32)14-4-17(27)21(26)18(28)5-14)23(36-13(3)34)20(10-35-12(2)33)37-24(11)38-16-6-15(25)7-29-8-16/h4-9,11,20,22-24H,10H2,1-3H3/t11?,20?,22-,23+,24-/m1/s1. The number of benzene rings is 1. The van der Waals surface area contributed by atoms with Gasteiger partial charge in [0.15, 0.2) is 6.10 Å². The molecule has 0 saturated carbocycles. The molecule has 14 heteroatoms. The van der Waals surface area contributed by atoms with Crippen molar-refractivity contribution in [2.45, 2.75) is 49.4 Å². The van der Waals surface area contributed by atoms with Crippen LogP contribution in [0.3, 0.4) is 0 Å². The second-order valence-corrected chi connectivity index (χ2v) is 11.0. The van der Waals surface area contributed by atoms with E-state index in [0.717, 1.165) is 21.5 Å². The highest BCUT2D eigenvalue weighted by molar-refractivity contribution is 9.10. The first-order chi connectivity index (χ1) is 18.0. The Kier molecular flexibility index (Phi) is 9.01. The molecule has 2 aromatic heterocycles. The fourth-order valence-corrected chi connectivity index (χ4v) is 5.88. The van der Waals surface area contributed by atoms with E-state index in [1.54, 1.807) is 12.4 Å². The monoisotopic (exact) mass is 630 g/mol. The van der Waals surface area contributed by atoms with Gasteiger partial charge in [0.05, 0.1) is 12.2 Å². The molecule has 3 heterocycles. The summed E-state index contributed by atoms with van der Waals surface area (Å²) in [6.45, 7) is 4.22. The minimum atomic E-state index is -0.936. The summed E-state index contributed by atoms with van der Waals surface area (Å²) in [5.74, 6) is -3.32. The molecule has 1 fully saturated rings. The molecule has 1 aliphatic rings. The Bertz CT molecular complexity index is 1330. The number of rotatable bonds is 7. The van der Waals surface area contributed by atoms with Gasteiger partial charge < -0.3 is 14.2 Å². The molecule has 0 bridgehead atoms. The summed E-state index contributed by atoms with van der Waals surface area (Å²) in [6, 6.07) is 3.34. The van der Waals surface area contributed by atoms with Crippen LogP contribution in [0.4, 0.5) is 8.78 Å². The van der Waals surface area contributed by atoms with E-state index in [-0.39, 0.29) is 23.8 Å². The van der Waals surface area contributed by atoms with Crippen molar-refractivity contribution in [3.63, 3.8) is 0 Å². The van der Waals surface area contributed by atoms with Gasteiger partial charge >= 0.3 is 11.9 Å². The Morgan fingerprint density at radius 3 is 2.53 bits per heavy atom. The van der Waals surface area contributed by atoms with Crippen molar-refractivity contribution in [1.82, 2.24) is 20.0 Å². The van der Waals surface area contributed by atoms with E-state index in [1.165, 1.54) is 36.5 Å². The number of pyridine rings is 1. The smallest absolute Gasteiger partial charge is 0.303 e. The Labute approximate surface area is 234 Å². The number of ether oxygens (including phenoxy) is 3. The van der Waals surface area contributed by atoms with E-state index in [2.05, 4.69) is 31.2 Å². The number of aromatic nitrogens is 4. The lowest BCUT2D eigenvalue weighted by atomic mass is 9.90. The zero-order chi connectivity index (χ0) is 27.6. The molecule has 2 unspecified atom stereocenters. The molecule has 9 nitrogen and oxygen atoms in total. The molecule has 4 rings (SSSR count). The molecule has 0 N–H and O–H groups in total. The molecule has 3 aromatic rings. The fourth-order valence-electron chi connectivity index (χ4n) is 4.10. The number of nitrogens with zero attached hydrogens (tertiary/aromatic N) is 4. The first kappa shape index (κ1) is 28.4. The maximum absolute atomic E-state index is 14.1. The van der Waals surface area contributed by atoms with Gasteiger partial charge in [-0.2, -0.15) is 0 Å². The Hall–Kier alpha value is -2.61. The lowest BCUT2D eigenvalue weighted by Crippen LogP contribution is -2.53. The molecular weight excluding hydrogens is 610 g/mol. The van der Waals surface area contributed by atoms with Crippen LogP contribution in [0.25, 0.3) is 11.3 Å². The molecule has 0 radical (unpaired) electrons. The lowest BCUT2D eigenvalue weighted by molar-refractivity contribution is -0.191. The van der Waals surface area contributed by atoms with Gasteiger partial charge in [-0.15, -0.1) is 5.10 Å². The quantitative estimate of drug-likeness (QED) is 0.256. The minimum Gasteiger partial charge on any atom is -0.463 e. The third-order valence-corrected chi connectivity index (χ3v) is 7.82. The average Bonchev–Trinajstić information content (AvgIpc) is 3.32. The highest BCUT2D eigenvalue weighted by Gasteiger charge is 2.48. The van der Waals surface area contributed by atoms with E-state index >= 15 is 0 Å². The van der Waals surface area contributed by atoms with Crippen LogP contribution < -0.4 is 0 Å². The Balaban J connectivity index is 1.73. The largest absolute Gasteiger partial charge is 0.463 e.